The van der Waals surface area contributed by atoms with E-state index in [-0.39, 0.29) is 5.91 Å². The topological polar surface area (TPSA) is 66.9 Å². The SMILES string of the molecule is Cc1ccc(C(=O)Nc2ccc(Nc3ccccc3C)nn2)cc1. The second-order valence-corrected chi connectivity index (χ2v) is 5.56. The summed E-state index contributed by atoms with van der Waals surface area (Å²) in [6.45, 7) is 4.00. The van der Waals surface area contributed by atoms with Gasteiger partial charge < -0.3 is 10.6 Å². The number of benzene rings is 2. The van der Waals surface area contributed by atoms with Crippen LogP contribution in [0, 0.1) is 13.8 Å². The van der Waals surface area contributed by atoms with Gasteiger partial charge in [0.25, 0.3) is 5.91 Å². The van der Waals surface area contributed by atoms with Gasteiger partial charge in [-0.3, -0.25) is 4.79 Å². The highest BCUT2D eigenvalue weighted by atomic mass is 16.1. The zero-order valence-electron chi connectivity index (χ0n) is 13.6. The minimum Gasteiger partial charge on any atom is -0.339 e. The van der Waals surface area contributed by atoms with Crippen LogP contribution in [0.2, 0.25) is 0 Å². The van der Waals surface area contributed by atoms with Crippen molar-refractivity contribution in [3.05, 3.63) is 77.4 Å². The van der Waals surface area contributed by atoms with E-state index in [1.165, 1.54) is 0 Å². The van der Waals surface area contributed by atoms with Crippen LogP contribution in [0.15, 0.2) is 60.7 Å². The smallest absolute Gasteiger partial charge is 0.256 e. The number of para-hydroxylation sites is 1. The summed E-state index contributed by atoms with van der Waals surface area (Å²) in [6.07, 6.45) is 0. The van der Waals surface area contributed by atoms with Crippen LogP contribution in [0.4, 0.5) is 17.3 Å². The minimum absolute atomic E-state index is 0.205. The highest BCUT2D eigenvalue weighted by Gasteiger charge is 2.07. The first-order valence-electron chi connectivity index (χ1n) is 7.66. The molecule has 0 saturated heterocycles. The Hall–Kier alpha value is -3.21. The molecule has 5 heteroatoms. The molecule has 1 amide bonds. The van der Waals surface area contributed by atoms with Crippen LogP contribution in [0.3, 0.4) is 0 Å². The van der Waals surface area contributed by atoms with Crippen molar-refractivity contribution in [2.24, 2.45) is 0 Å². The molecule has 0 unspecified atom stereocenters. The molecule has 120 valence electrons. The maximum atomic E-state index is 12.2. The highest BCUT2D eigenvalue weighted by Crippen LogP contribution is 2.18. The number of carbonyl (C=O) groups excluding carboxylic acids is 1. The number of nitrogens with one attached hydrogen (secondary N) is 2. The third kappa shape index (κ3) is 3.76. The lowest BCUT2D eigenvalue weighted by molar-refractivity contribution is 0.102. The molecular formula is C19H18N4O. The van der Waals surface area contributed by atoms with Crippen LogP contribution in [0.25, 0.3) is 0 Å². The molecule has 2 aromatic carbocycles. The summed E-state index contributed by atoms with van der Waals surface area (Å²) in [6, 6.07) is 18.8. The number of aromatic nitrogens is 2. The first-order chi connectivity index (χ1) is 11.6. The fourth-order valence-corrected chi connectivity index (χ4v) is 2.21. The van der Waals surface area contributed by atoms with E-state index in [4.69, 9.17) is 0 Å². The molecule has 0 saturated carbocycles. The van der Waals surface area contributed by atoms with Gasteiger partial charge in [0.2, 0.25) is 0 Å². The number of hydrogen-bond donors (Lipinski definition) is 2. The average molecular weight is 318 g/mol. The predicted octanol–water partition coefficient (Wildman–Crippen LogP) is 4.09. The number of aryl methyl sites for hydroxylation is 2. The first-order valence-corrected chi connectivity index (χ1v) is 7.66. The zero-order chi connectivity index (χ0) is 16.9. The van der Waals surface area contributed by atoms with Crippen LogP contribution < -0.4 is 10.6 Å². The molecule has 0 radical (unpaired) electrons. The van der Waals surface area contributed by atoms with Crippen molar-refractivity contribution in [2.45, 2.75) is 13.8 Å². The zero-order valence-corrected chi connectivity index (χ0v) is 13.6. The standard InChI is InChI=1S/C19H18N4O/c1-13-7-9-15(10-8-13)19(24)21-18-12-11-17(22-23-18)20-16-6-4-3-5-14(16)2/h3-12H,1-2H3,(H,20,22)(H,21,23,24). The van der Waals surface area contributed by atoms with E-state index < -0.39 is 0 Å². The van der Waals surface area contributed by atoms with Crippen molar-refractivity contribution < 1.29 is 4.79 Å². The van der Waals surface area contributed by atoms with E-state index in [1.807, 2.05) is 50.2 Å². The van der Waals surface area contributed by atoms with E-state index in [9.17, 15) is 4.79 Å². The summed E-state index contributed by atoms with van der Waals surface area (Å²) in [5.74, 6) is 0.831. The summed E-state index contributed by atoms with van der Waals surface area (Å²) >= 11 is 0. The molecule has 0 spiro atoms. The molecule has 1 heterocycles. The number of nitrogens with zero attached hydrogens (tertiary/aromatic N) is 2. The monoisotopic (exact) mass is 318 g/mol. The number of carbonyl (C=O) groups is 1. The lowest BCUT2D eigenvalue weighted by Gasteiger charge is -2.09. The molecule has 2 N–H and O–H groups in total. The maximum Gasteiger partial charge on any atom is 0.256 e. The molecule has 5 nitrogen and oxygen atoms in total. The lowest BCUT2D eigenvalue weighted by Crippen LogP contribution is -2.13. The maximum absolute atomic E-state index is 12.2. The Bertz CT molecular complexity index is 842. The van der Waals surface area contributed by atoms with E-state index in [0.29, 0.717) is 17.2 Å². The Labute approximate surface area is 140 Å². The molecule has 0 aliphatic rings. The van der Waals surface area contributed by atoms with Crippen LogP contribution in [-0.4, -0.2) is 16.1 Å². The third-order valence-corrected chi connectivity index (χ3v) is 3.63. The van der Waals surface area contributed by atoms with E-state index in [1.54, 1.807) is 24.3 Å². The Morgan fingerprint density at radius 3 is 2.17 bits per heavy atom. The number of anilines is 3. The van der Waals surface area contributed by atoms with Crippen LogP contribution in [-0.2, 0) is 0 Å². The molecule has 24 heavy (non-hydrogen) atoms. The first kappa shape index (κ1) is 15.7. The van der Waals surface area contributed by atoms with E-state index >= 15 is 0 Å². The fourth-order valence-electron chi connectivity index (χ4n) is 2.21. The Morgan fingerprint density at radius 2 is 1.50 bits per heavy atom. The second kappa shape index (κ2) is 6.91. The number of rotatable bonds is 4. The molecule has 0 atom stereocenters. The Morgan fingerprint density at radius 1 is 0.833 bits per heavy atom. The summed E-state index contributed by atoms with van der Waals surface area (Å²) in [5.41, 5.74) is 3.79. The predicted molar refractivity (Wildman–Crippen MR) is 95.6 cm³/mol. The van der Waals surface area contributed by atoms with Crippen molar-refractivity contribution in [1.82, 2.24) is 10.2 Å². The van der Waals surface area contributed by atoms with Crippen molar-refractivity contribution in [2.75, 3.05) is 10.6 Å². The Balaban J connectivity index is 1.67. The van der Waals surface area contributed by atoms with Crippen molar-refractivity contribution in [3.8, 4) is 0 Å². The molecular weight excluding hydrogens is 300 g/mol. The lowest BCUT2D eigenvalue weighted by atomic mass is 10.1. The summed E-state index contributed by atoms with van der Waals surface area (Å²) in [5, 5.41) is 14.1. The summed E-state index contributed by atoms with van der Waals surface area (Å²) < 4.78 is 0. The van der Waals surface area contributed by atoms with E-state index in [2.05, 4.69) is 20.8 Å². The average Bonchev–Trinajstić information content (AvgIpc) is 2.59. The van der Waals surface area contributed by atoms with Crippen LogP contribution in [0.5, 0.6) is 0 Å². The van der Waals surface area contributed by atoms with Gasteiger partial charge in [0.1, 0.15) is 0 Å². The largest absolute Gasteiger partial charge is 0.339 e. The summed E-state index contributed by atoms with van der Waals surface area (Å²) in [7, 11) is 0. The summed E-state index contributed by atoms with van der Waals surface area (Å²) in [4.78, 5) is 12.2. The van der Waals surface area contributed by atoms with Gasteiger partial charge in [-0.1, -0.05) is 35.9 Å². The van der Waals surface area contributed by atoms with Crippen LogP contribution >= 0.6 is 0 Å². The molecule has 1 aromatic heterocycles. The van der Waals surface area contributed by atoms with Gasteiger partial charge in [0.05, 0.1) is 0 Å². The third-order valence-electron chi connectivity index (χ3n) is 3.63. The van der Waals surface area contributed by atoms with Gasteiger partial charge in [-0.05, 0) is 49.7 Å². The molecule has 0 aliphatic carbocycles. The second-order valence-electron chi connectivity index (χ2n) is 5.56. The number of amides is 1. The van der Waals surface area contributed by atoms with Gasteiger partial charge in [0.15, 0.2) is 11.6 Å². The van der Waals surface area contributed by atoms with E-state index in [0.717, 1.165) is 16.8 Å². The highest BCUT2D eigenvalue weighted by molar-refractivity contribution is 6.03. The molecule has 0 bridgehead atoms. The van der Waals surface area contributed by atoms with Gasteiger partial charge in [0, 0.05) is 11.3 Å². The van der Waals surface area contributed by atoms with Crippen molar-refractivity contribution >= 4 is 23.2 Å². The normalized spacial score (nSPS) is 10.2. The fraction of sp³-hybridized carbons (Fsp3) is 0.105. The molecule has 0 aliphatic heterocycles. The number of hydrogen-bond acceptors (Lipinski definition) is 4. The van der Waals surface area contributed by atoms with Gasteiger partial charge >= 0.3 is 0 Å². The van der Waals surface area contributed by atoms with Crippen molar-refractivity contribution in [3.63, 3.8) is 0 Å². The quantitative estimate of drug-likeness (QED) is 0.760. The minimum atomic E-state index is -0.205. The molecule has 3 rings (SSSR count). The molecule has 0 fully saturated rings. The van der Waals surface area contributed by atoms with Crippen molar-refractivity contribution in [1.29, 1.82) is 0 Å². The van der Waals surface area contributed by atoms with Crippen LogP contribution in [0.1, 0.15) is 21.5 Å². The Kier molecular flexibility index (Phi) is 4.52. The van der Waals surface area contributed by atoms with Gasteiger partial charge in [-0.25, -0.2) is 0 Å². The molecule has 3 aromatic rings. The van der Waals surface area contributed by atoms with Gasteiger partial charge in [-0.15, -0.1) is 10.2 Å². The van der Waals surface area contributed by atoms with Gasteiger partial charge in [-0.2, -0.15) is 0 Å².